The fourth-order valence-electron chi connectivity index (χ4n) is 1.25. The molecule has 0 fully saturated rings. The maximum absolute atomic E-state index is 10.1. The molecule has 0 aliphatic carbocycles. The molecule has 0 amide bonds. The van der Waals surface area contributed by atoms with E-state index in [-0.39, 0.29) is 0 Å². The zero-order chi connectivity index (χ0) is 9.31. The fraction of sp³-hybridized carbons (Fsp3) is 0.200. The highest BCUT2D eigenvalue weighted by Gasteiger charge is 2.27. The Morgan fingerprint density at radius 1 is 1.08 bits per heavy atom. The molecule has 0 atom stereocenters. The number of furan rings is 2. The molecule has 0 aliphatic heterocycles. The molecule has 68 valence electrons. The van der Waals surface area contributed by atoms with Gasteiger partial charge in [0.1, 0.15) is 5.60 Å². The Morgan fingerprint density at radius 3 is 1.85 bits per heavy atom. The summed E-state index contributed by atoms with van der Waals surface area (Å²) in [5, 5.41) is 10.1. The zero-order valence-corrected chi connectivity index (χ0v) is 7.23. The molecule has 0 radical (unpaired) electrons. The van der Waals surface area contributed by atoms with E-state index in [1.807, 2.05) is 0 Å². The van der Waals surface area contributed by atoms with Crippen LogP contribution in [0.2, 0.25) is 0 Å². The molecule has 0 saturated heterocycles. The summed E-state index contributed by atoms with van der Waals surface area (Å²) in [6.45, 7) is 1.70. The van der Waals surface area contributed by atoms with Crippen LogP contribution in [0.15, 0.2) is 46.0 Å². The molecule has 0 spiro atoms. The second-order valence-corrected chi connectivity index (χ2v) is 3.10. The van der Waals surface area contributed by atoms with Gasteiger partial charge in [0.25, 0.3) is 0 Å². The summed E-state index contributed by atoms with van der Waals surface area (Å²) in [6.07, 6.45) is 6.10. The van der Waals surface area contributed by atoms with Gasteiger partial charge in [0.15, 0.2) is 0 Å². The van der Waals surface area contributed by atoms with Crippen LogP contribution in [0.3, 0.4) is 0 Å². The van der Waals surface area contributed by atoms with Crippen LogP contribution in [0, 0.1) is 0 Å². The van der Waals surface area contributed by atoms with Crippen LogP contribution in [0.4, 0.5) is 0 Å². The Morgan fingerprint density at radius 2 is 1.54 bits per heavy atom. The Hall–Kier alpha value is -1.48. The van der Waals surface area contributed by atoms with Gasteiger partial charge in [0.2, 0.25) is 0 Å². The van der Waals surface area contributed by atoms with E-state index >= 15 is 0 Å². The highest BCUT2D eigenvalue weighted by atomic mass is 16.3. The van der Waals surface area contributed by atoms with Crippen LogP contribution in [0.5, 0.6) is 0 Å². The first-order valence-corrected chi connectivity index (χ1v) is 3.99. The summed E-state index contributed by atoms with van der Waals surface area (Å²) in [5.41, 5.74) is 0.391. The van der Waals surface area contributed by atoms with Crippen molar-refractivity contribution in [2.24, 2.45) is 0 Å². The van der Waals surface area contributed by atoms with E-state index in [0.717, 1.165) is 0 Å². The molecule has 0 saturated carbocycles. The van der Waals surface area contributed by atoms with Gasteiger partial charge in [-0.1, -0.05) is 0 Å². The van der Waals surface area contributed by atoms with Crippen LogP contribution in [0.25, 0.3) is 0 Å². The summed E-state index contributed by atoms with van der Waals surface area (Å²) >= 11 is 0. The predicted octanol–water partition coefficient (Wildman–Crippen LogP) is 2.13. The lowest BCUT2D eigenvalue weighted by atomic mass is 9.92. The normalized spacial score (nSPS) is 11.8. The first-order chi connectivity index (χ1) is 6.21. The van der Waals surface area contributed by atoms with E-state index in [1.165, 1.54) is 25.1 Å². The largest absolute Gasteiger partial charge is 0.472 e. The first kappa shape index (κ1) is 8.13. The zero-order valence-electron chi connectivity index (χ0n) is 7.23. The molecule has 2 rings (SSSR count). The van der Waals surface area contributed by atoms with Crippen molar-refractivity contribution < 1.29 is 13.9 Å². The van der Waals surface area contributed by atoms with E-state index in [9.17, 15) is 5.11 Å². The number of hydrogen-bond donors (Lipinski definition) is 1. The average Bonchev–Trinajstić information content (AvgIpc) is 2.78. The smallest absolute Gasteiger partial charge is 0.118 e. The van der Waals surface area contributed by atoms with Gasteiger partial charge in [0, 0.05) is 11.1 Å². The lowest BCUT2D eigenvalue weighted by Crippen LogP contribution is -2.20. The van der Waals surface area contributed by atoms with Gasteiger partial charge >= 0.3 is 0 Å². The highest BCUT2D eigenvalue weighted by Crippen LogP contribution is 2.29. The lowest BCUT2D eigenvalue weighted by Gasteiger charge is -2.19. The van der Waals surface area contributed by atoms with Crippen molar-refractivity contribution in [2.75, 3.05) is 0 Å². The van der Waals surface area contributed by atoms with Gasteiger partial charge in [-0.2, -0.15) is 0 Å². The minimum Gasteiger partial charge on any atom is -0.472 e. The third-order valence-corrected chi connectivity index (χ3v) is 2.17. The maximum atomic E-state index is 10.1. The van der Waals surface area contributed by atoms with Crippen LogP contribution in [-0.2, 0) is 5.60 Å². The lowest BCUT2D eigenvalue weighted by molar-refractivity contribution is 0.101. The molecule has 2 aromatic heterocycles. The Labute approximate surface area is 75.6 Å². The minimum atomic E-state index is -1.04. The molecule has 3 heteroatoms. The Kier molecular flexibility index (Phi) is 1.74. The van der Waals surface area contributed by atoms with Crippen molar-refractivity contribution in [3.63, 3.8) is 0 Å². The maximum Gasteiger partial charge on any atom is 0.118 e. The predicted molar refractivity (Wildman–Crippen MR) is 46.1 cm³/mol. The molecule has 13 heavy (non-hydrogen) atoms. The second-order valence-electron chi connectivity index (χ2n) is 3.10. The number of aliphatic hydroxyl groups is 1. The Balaban J connectivity index is 2.42. The van der Waals surface area contributed by atoms with E-state index < -0.39 is 5.60 Å². The van der Waals surface area contributed by atoms with E-state index in [0.29, 0.717) is 11.1 Å². The van der Waals surface area contributed by atoms with E-state index in [1.54, 1.807) is 19.1 Å². The van der Waals surface area contributed by atoms with Crippen molar-refractivity contribution in [1.29, 1.82) is 0 Å². The molecule has 0 unspecified atom stereocenters. The van der Waals surface area contributed by atoms with Gasteiger partial charge in [-0.05, 0) is 19.1 Å². The molecular formula is C10H10O3. The van der Waals surface area contributed by atoms with Gasteiger partial charge in [-0.3, -0.25) is 0 Å². The molecule has 1 N–H and O–H groups in total. The topological polar surface area (TPSA) is 46.5 Å². The molecule has 0 aliphatic rings. The van der Waals surface area contributed by atoms with Crippen molar-refractivity contribution >= 4 is 0 Å². The third-order valence-electron chi connectivity index (χ3n) is 2.17. The van der Waals surface area contributed by atoms with Gasteiger partial charge in [-0.15, -0.1) is 0 Å². The minimum absolute atomic E-state index is 0.717. The van der Waals surface area contributed by atoms with Crippen molar-refractivity contribution in [2.45, 2.75) is 12.5 Å². The van der Waals surface area contributed by atoms with Crippen LogP contribution in [-0.4, -0.2) is 5.11 Å². The molecule has 0 bridgehead atoms. The van der Waals surface area contributed by atoms with Crippen molar-refractivity contribution in [3.05, 3.63) is 48.3 Å². The fourth-order valence-corrected chi connectivity index (χ4v) is 1.25. The number of hydrogen-bond acceptors (Lipinski definition) is 3. The molecule has 3 nitrogen and oxygen atoms in total. The third kappa shape index (κ3) is 1.27. The van der Waals surface area contributed by atoms with E-state index in [4.69, 9.17) is 8.83 Å². The van der Waals surface area contributed by atoms with Gasteiger partial charge in [0.05, 0.1) is 25.1 Å². The van der Waals surface area contributed by atoms with E-state index in [2.05, 4.69) is 0 Å². The first-order valence-electron chi connectivity index (χ1n) is 3.99. The van der Waals surface area contributed by atoms with Crippen molar-refractivity contribution in [1.82, 2.24) is 0 Å². The van der Waals surface area contributed by atoms with Crippen molar-refractivity contribution in [3.8, 4) is 0 Å². The summed E-state index contributed by atoms with van der Waals surface area (Å²) in [4.78, 5) is 0. The quantitative estimate of drug-likeness (QED) is 0.766. The molecular weight excluding hydrogens is 168 g/mol. The van der Waals surface area contributed by atoms with Gasteiger partial charge < -0.3 is 13.9 Å². The van der Waals surface area contributed by atoms with Crippen LogP contribution >= 0.6 is 0 Å². The summed E-state index contributed by atoms with van der Waals surface area (Å²) in [5.74, 6) is 0. The molecule has 2 heterocycles. The summed E-state index contributed by atoms with van der Waals surface area (Å²) in [7, 11) is 0. The van der Waals surface area contributed by atoms with Crippen LogP contribution in [0.1, 0.15) is 18.1 Å². The SMILES string of the molecule is CC(O)(c1ccoc1)c1ccoc1. The molecule has 0 aromatic carbocycles. The summed E-state index contributed by atoms with van der Waals surface area (Å²) < 4.78 is 9.82. The average molecular weight is 178 g/mol. The standard InChI is InChI=1S/C10H10O3/c1-10(11,8-2-4-12-6-8)9-3-5-13-7-9/h2-7,11H,1H3. The van der Waals surface area contributed by atoms with Gasteiger partial charge in [-0.25, -0.2) is 0 Å². The monoisotopic (exact) mass is 178 g/mol. The number of rotatable bonds is 2. The molecule has 2 aromatic rings. The highest BCUT2D eigenvalue weighted by molar-refractivity contribution is 5.29. The summed E-state index contributed by atoms with van der Waals surface area (Å²) in [6, 6.07) is 3.46. The second kappa shape index (κ2) is 2.78. The van der Waals surface area contributed by atoms with Crippen LogP contribution < -0.4 is 0 Å². The Bertz CT molecular complexity index is 321.